The number of aromatic hydroxyl groups is 1. The average molecular weight is 209 g/mol. The van der Waals surface area contributed by atoms with Gasteiger partial charge < -0.3 is 10.4 Å². The van der Waals surface area contributed by atoms with E-state index in [4.69, 9.17) is 0 Å². The van der Waals surface area contributed by atoms with Gasteiger partial charge in [-0.15, -0.1) is 11.8 Å². The minimum atomic E-state index is 0.377. The van der Waals surface area contributed by atoms with Crippen LogP contribution in [0, 0.1) is 0 Å². The van der Waals surface area contributed by atoms with Crippen molar-refractivity contribution in [3.05, 3.63) is 23.8 Å². The highest BCUT2D eigenvalue weighted by Gasteiger charge is 2.26. The first kappa shape index (κ1) is 9.87. The van der Waals surface area contributed by atoms with Crippen molar-refractivity contribution < 1.29 is 5.11 Å². The highest BCUT2D eigenvalue weighted by molar-refractivity contribution is 8.00. The molecule has 0 fully saturated rings. The first-order chi connectivity index (χ1) is 6.70. The third-order valence-corrected chi connectivity index (χ3v) is 4.29. The van der Waals surface area contributed by atoms with Crippen LogP contribution in [0.25, 0.3) is 0 Å². The molecule has 0 radical (unpaired) electrons. The van der Waals surface area contributed by atoms with E-state index in [1.54, 1.807) is 6.07 Å². The molecular formula is C11H15NOS. The van der Waals surface area contributed by atoms with Gasteiger partial charge in [0.25, 0.3) is 0 Å². The second-order valence-electron chi connectivity index (χ2n) is 3.73. The summed E-state index contributed by atoms with van der Waals surface area (Å²) in [7, 11) is 1.99. The van der Waals surface area contributed by atoms with Crippen molar-refractivity contribution in [1.82, 2.24) is 5.32 Å². The number of nitrogens with one attached hydrogen (secondary N) is 1. The summed E-state index contributed by atoms with van der Waals surface area (Å²) in [5.41, 5.74) is 1.28. The van der Waals surface area contributed by atoms with Crippen molar-refractivity contribution in [3.63, 3.8) is 0 Å². The number of hydrogen-bond donors (Lipinski definition) is 2. The molecule has 2 N–H and O–H groups in total. The summed E-state index contributed by atoms with van der Waals surface area (Å²) in [5.74, 6) is 0.377. The van der Waals surface area contributed by atoms with Gasteiger partial charge in [-0.1, -0.05) is 0 Å². The van der Waals surface area contributed by atoms with Crippen LogP contribution in [0.5, 0.6) is 5.75 Å². The predicted octanol–water partition coefficient (Wildman–Crippen LogP) is 2.02. The summed E-state index contributed by atoms with van der Waals surface area (Å²) in [4.78, 5) is 1.31. The van der Waals surface area contributed by atoms with E-state index in [-0.39, 0.29) is 0 Å². The highest BCUT2D eigenvalue weighted by Crippen LogP contribution is 2.39. The van der Waals surface area contributed by atoms with Gasteiger partial charge in [0.15, 0.2) is 0 Å². The molecule has 1 aliphatic rings. The zero-order chi connectivity index (χ0) is 10.1. The lowest BCUT2D eigenvalue weighted by molar-refractivity contribution is 0.473. The Labute approximate surface area is 88.7 Å². The van der Waals surface area contributed by atoms with Gasteiger partial charge in [0, 0.05) is 16.2 Å². The van der Waals surface area contributed by atoms with Crippen molar-refractivity contribution in [3.8, 4) is 5.75 Å². The van der Waals surface area contributed by atoms with Gasteiger partial charge in [0.05, 0.1) is 0 Å². The monoisotopic (exact) mass is 209 g/mol. The number of phenols is 1. The van der Waals surface area contributed by atoms with E-state index in [0.717, 1.165) is 6.42 Å². The number of fused-ring (bicyclic) bond motifs is 1. The Balaban J connectivity index is 2.17. The minimum Gasteiger partial charge on any atom is -0.508 e. The molecular weight excluding hydrogens is 194 g/mol. The fourth-order valence-electron chi connectivity index (χ4n) is 1.73. The Morgan fingerprint density at radius 1 is 1.57 bits per heavy atom. The average Bonchev–Trinajstić information content (AvgIpc) is 2.59. The van der Waals surface area contributed by atoms with Gasteiger partial charge in [-0.3, -0.25) is 0 Å². The maximum Gasteiger partial charge on any atom is 0.115 e. The Bertz CT molecular complexity index is 340. The van der Waals surface area contributed by atoms with E-state index < -0.39 is 0 Å². The quantitative estimate of drug-likeness (QED) is 0.781. The molecule has 0 amide bonds. The standard InChI is InChI=1S/C11H15NOS/c1-7(12-2)11-6-8-5-9(13)3-4-10(8)14-11/h3-5,7,11-13H,6H2,1-2H3. The summed E-state index contributed by atoms with van der Waals surface area (Å²) < 4.78 is 0. The van der Waals surface area contributed by atoms with Crippen molar-refractivity contribution in [1.29, 1.82) is 0 Å². The highest BCUT2D eigenvalue weighted by atomic mass is 32.2. The Kier molecular flexibility index (Phi) is 2.70. The molecule has 0 aliphatic carbocycles. The van der Waals surface area contributed by atoms with Crippen LogP contribution in [-0.4, -0.2) is 23.4 Å². The number of phenolic OH excluding ortho intramolecular Hbond substituents is 1. The summed E-state index contributed by atoms with van der Waals surface area (Å²) in [6.07, 6.45) is 1.05. The van der Waals surface area contributed by atoms with Gasteiger partial charge in [0.2, 0.25) is 0 Å². The molecule has 2 atom stereocenters. The normalized spacial score (nSPS) is 22.0. The van der Waals surface area contributed by atoms with Gasteiger partial charge in [-0.2, -0.15) is 0 Å². The zero-order valence-corrected chi connectivity index (χ0v) is 9.27. The molecule has 2 nitrogen and oxygen atoms in total. The molecule has 0 aromatic heterocycles. The molecule has 1 aromatic rings. The molecule has 1 aromatic carbocycles. The molecule has 3 heteroatoms. The smallest absolute Gasteiger partial charge is 0.115 e. The zero-order valence-electron chi connectivity index (χ0n) is 8.45. The molecule has 14 heavy (non-hydrogen) atoms. The topological polar surface area (TPSA) is 32.3 Å². The van der Waals surface area contributed by atoms with Gasteiger partial charge >= 0.3 is 0 Å². The molecule has 76 valence electrons. The predicted molar refractivity (Wildman–Crippen MR) is 60.0 cm³/mol. The second-order valence-corrected chi connectivity index (χ2v) is 5.01. The lowest BCUT2D eigenvalue weighted by Gasteiger charge is -2.16. The van der Waals surface area contributed by atoms with Gasteiger partial charge in [-0.05, 0) is 44.2 Å². The summed E-state index contributed by atoms with van der Waals surface area (Å²) >= 11 is 1.90. The molecule has 2 unspecified atom stereocenters. The first-order valence-electron chi connectivity index (χ1n) is 4.86. The maximum atomic E-state index is 9.35. The van der Waals surface area contributed by atoms with Crippen molar-refractivity contribution >= 4 is 11.8 Å². The van der Waals surface area contributed by atoms with E-state index >= 15 is 0 Å². The lowest BCUT2D eigenvalue weighted by Crippen LogP contribution is -2.32. The Morgan fingerprint density at radius 3 is 3.07 bits per heavy atom. The van der Waals surface area contributed by atoms with E-state index in [9.17, 15) is 5.11 Å². The molecule has 0 saturated carbocycles. The minimum absolute atomic E-state index is 0.377. The van der Waals surface area contributed by atoms with E-state index in [1.165, 1.54) is 10.5 Å². The number of hydrogen-bond acceptors (Lipinski definition) is 3. The molecule has 1 aliphatic heterocycles. The maximum absolute atomic E-state index is 9.35. The van der Waals surface area contributed by atoms with Crippen LogP contribution >= 0.6 is 11.8 Å². The molecule has 0 bridgehead atoms. The Morgan fingerprint density at radius 2 is 2.36 bits per heavy atom. The fourth-order valence-corrected chi connectivity index (χ4v) is 3.10. The summed E-state index contributed by atoms with van der Waals surface area (Å²) in [5, 5.41) is 13.2. The van der Waals surface area contributed by atoms with Gasteiger partial charge in [-0.25, -0.2) is 0 Å². The van der Waals surface area contributed by atoms with Crippen LogP contribution < -0.4 is 5.32 Å². The van der Waals surface area contributed by atoms with Gasteiger partial charge in [0.1, 0.15) is 5.75 Å². The molecule has 0 spiro atoms. The van der Waals surface area contributed by atoms with Crippen LogP contribution in [0.4, 0.5) is 0 Å². The van der Waals surface area contributed by atoms with Crippen LogP contribution in [0.15, 0.2) is 23.1 Å². The molecule has 2 rings (SSSR count). The first-order valence-corrected chi connectivity index (χ1v) is 5.74. The number of benzene rings is 1. The third kappa shape index (κ3) is 1.74. The number of thioether (sulfide) groups is 1. The summed E-state index contributed by atoms with van der Waals surface area (Å²) in [6, 6.07) is 6.16. The summed E-state index contributed by atoms with van der Waals surface area (Å²) in [6.45, 7) is 2.20. The van der Waals surface area contributed by atoms with Crippen LogP contribution in [0.1, 0.15) is 12.5 Å². The largest absolute Gasteiger partial charge is 0.508 e. The van der Waals surface area contributed by atoms with E-state index in [1.807, 2.05) is 30.9 Å². The SMILES string of the molecule is CNC(C)C1Cc2cc(O)ccc2S1. The van der Waals surface area contributed by atoms with Crippen molar-refractivity contribution in [2.45, 2.75) is 29.5 Å². The second kappa shape index (κ2) is 3.83. The van der Waals surface area contributed by atoms with Crippen LogP contribution in [0.3, 0.4) is 0 Å². The fraction of sp³-hybridized carbons (Fsp3) is 0.455. The lowest BCUT2D eigenvalue weighted by atomic mass is 10.1. The van der Waals surface area contributed by atoms with Crippen molar-refractivity contribution in [2.24, 2.45) is 0 Å². The van der Waals surface area contributed by atoms with E-state index in [2.05, 4.69) is 12.2 Å². The molecule has 1 heterocycles. The number of rotatable bonds is 2. The molecule has 0 saturated heterocycles. The van der Waals surface area contributed by atoms with Crippen LogP contribution in [-0.2, 0) is 6.42 Å². The van der Waals surface area contributed by atoms with Crippen LogP contribution in [0.2, 0.25) is 0 Å². The van der Waals surface area contributed by atoms with E-state index in [0.29, 0.717) is 17.0 Å². The Hall–Kier alpha value is -0.670. The third-order valence-electron chi connectivity index (χ3n) is 2.76. The van der Waals surface area contributed by atoms with Crippen molar-refractivity contribution in [2.75, 3.05) is 7.05 Å².